The summed E-state index contributed by atoms with van der Waals surface area (Å²) in [5.41, 5.74) is 9.64. The molecule has 0 aliphatic heterocycles. The molecule has 8 aromatic carbocycles. The van der Waals surface area contributed by atoms with Crippen LogP contribution in [0.25, 0.3) is 66.1 Å². The summed E-state index contributed by atoms with van der Waals surface area (Å²) in [7, 11) is -2.65. The molecule has 55 heavy (non-hydrogen) atoms. The number of benzene rings is 8. The fourth-order valence-corrected chi connectivity index (χ4v) is 15.4. The van der Waals surface area contributed by atoms with Crippen molar-refractivity contribution < 1.29 is 0 Å². The number of para-hydroxylation sites is 2. The SMILES string of the molecule is CC(C)(C)[Si](c1ccccc1)(c1ccccc1)c1cccc2c1c1ccccc1n2-c1ccc2c(c1)c1ccccc1n2-c1ccc(-c2ccccc2)cc1. The maximum Gasteiger partial charge on any atom is 0.154 e. The van der Waals surface area contributed by atoms with Crippen molar-refractivity contribution in [3.05, 3.63) is 200 Å². The van der Waals surface area contributed by atoms with E-state index in [1.807, 2.05) is 0 Å². The second-order valence-corrected chi connectivity index (χ2v) is 20.4. The first-order valence-electron chi connectivity index (χ1n) is 19.3. The van der Waals surface area contributed by atoms with E-state index in [0.29, 0.717) is 0 Å². The van der Waals surface area contributed by atoms with Crippen molar-refractivity contribution in [2.24, 2.45) is 0 Å². The maximum atomic E-state index is 2.51. The summed E-state index contributed by atoms with van der Waals surface area (Å²) >= 11 is 0. The van der Waals surface area contributed by atoms with Crippen LogP contribution in [0.4, 0.5) is 0 Å². The van der Waals surface area contributed by atoms with Crippen molar-refractivity contribution in [2.75, 3.05) is 0 Å². The summed E-state index contributed by atoms with van der Waals surface area (Å²) < 4.78 is 4.92. The number of rotatable bonds is 6. The molecule has 264 valence electrons. The van der Waals surface area contributed by atoms with Crippen molar-refractivity contribution in [1.82, 2.24) is 9.13 Å². The van der Waals surface area contributed by atoms with E-state index >= 15 is 0 Å². The molecule has 0 radical (unpaired) electrons. The highest BCUT2D eigenvalue weighted by atomic mass is 28.3. The van der Waals surface area contributed by atoms with Gasteiger partial charge in [-0.3, -0.25) is 0 Å². The zero-order valence-corrected chi connectivity index (χ0v) is 32.4. The summed E-state index contributed by atoms with van der Waals surface area (Å²) in [6, 6.07) is 74.2. The highest BCUT2D eigenvalue weighted by Gasteiger charge is 2.50. The Morgan fingerprint density at radius 1 is 0.364 bits per heavy atom. The van der Waals surface area contributed by atoms with Gasteiger partial charge < -0.3 is 9.13 Å². The van der Waals surface area contributed by atoms with E-state index in [2.05, 4.69) is 230 Å². The molecule has 0 N–H and O–H groups in total. The summed E-state index contributed by atoms with van der Waals surface area (Å²) in [4.78, 5) is 0. The molecule has 3 heteroatoms. The molecular weight excluding hydrogens is 681 g/mol. The number of fused-ring (bicyclic) bond motifs is 6. The van der Waals surface area contributed by atoms with E-state index in [-0.39, 0.29) is 5.04 Å². The fourth-order valence-electron chi connectivity index (χ4n) is 9.55. The van der Waals surface area contributed by atoms with Crippen LogP contribution >= 0.6 is 0 Å². The first-order chi connectivity index (χ1) is 26.9. The minimum Gasteiger partial charge on any atom is -0.309 e. The second-order valence-electron chi connectivity index (χ2n) is 15.8. The highest BCUT2D eigenvalue weighted by Crippen LogP contribution is 2.41. The van der Waals surface area contributed by atoms with Crippen LogP contribution in [0.1, 0.15) is 20.8 Å². The average Bonchev–Trinajstić information content (AvgIpc) is 3.75. The number of hydrogen-bond donors (Lipinski definition) is 0. The molecule has 2 aromatic heterocycles. The molecule has 10 rings (SSSR count). The maximum absolute atomic E-state index is 2.65. The molecule has 0 saturated heterocycles. The lowest BCUT2D eigenvalue weighted by molar-refractivity contribution is 0.740. The van der Waals surface area contributed by atoms with Gasteiger partial charge in [-0.1, -0.05) is 172 Å². The van der Waals surface area contributed by atoms with E-state index < -0.39 is 8.07 Å². The fraction of sp³-hybridized carbons (Fsp3) is 0.0769. The normalized spacial score (nSPS) is 12.3. The Labute approximate surface area is 323 Å². The number of hydrogen-bond acceptors (Lipinski definition) is 0. The lowest BCUT2D eigenvalue weighted by Crippen LogP contribution is -2.72. The van der Waals surface area contributed by atoms with Crippen molar-refractivity contribution >= 4 is 67.2 Å². The van der Waals surface area contributed by atoms with E-state index in [4.69, 9.17) is 0 Å². The minimum atomic E-state index is -2.65. The molecular formula is C52H42N2Si. The highest BCUT2D eigenvalue weighted by molar-refractivity contribution is 7.14. The van der Waals surface area contributed by atoms with E-state index in [0.717, 1.165) is 5.69 Å². The monoisotopic (exact) mass is 722 g/mol. The Kier molecular flexibility index (Phi) is 7.76. The Hall–Kier alpha value is -6.42. The predicted molar refractivity (Wildman–Crippen MR) is 238 cm³/mol. The molecule has 0 spiro atoms. The largest absolute Gasteiger partial charge is 0.309 e. The molecule has 10 aromatic rings. The molecule has 0 atom stereocenters. The van der Waals surface area contributed by atoms with Crippen molar-refractivity contribution in [2.45, 2.75) is 25.8 Å². The van der Waals surface area contributed by atoms with E-state index in [9.17, 15) is 0 Å². The average molecular weight is 723 g/mol. The van der Waals surface area contributed by atoms with Gasteiger partial charge in [-0.25, -0.2) is 0 Å². The van der Waals surface area contributed by atoms with Crippen LogP contribution in [0.2, 0.25) is 5.04 Å². The van der Waals surface area contributed by atoms with Gasteiger partial charge in [0.05, 0.1) is 22.1 Å². The predicted octanol–water partition coefficient (Wildman–Crippen LogP) is 11.8. The summed E-state index contributed by atoms with van der Waals surface area (Å²) in [6.45, 7) is 7.36. The molecule has 0 fully saturated rings. The van der Waals surface area contributed by atoms with Crippen LogP contribution < -0.4 is 15.6 Å². The smallest absolute Gasteiger partial charge is 0.154 e. The van der Waals surface area contributed by atoms with Crippen LogP contribution in [0.3, 0.4) is 0 Å². The number of aromatic nitrogens is 2. The zero-order chi connectivity index (χ0) is 37.1. The van der Waals surface area contributed by atoms with Crippen LogP contribution in [0.15, 0.2) is 200 Å². The minimum absolute atomic E-state index is 0.0345. The van der Waals surface area contributed by atoms with Gasteiger partial charge in [0.1, 0.15) is 0 Å². The molecule has 0 aliphatic rings. The third kappa shape index (κ3) is 5.07. The molecule has 2 nitrogen and oxygen atoms in total. The van der Waals surface area contributed by atoms with Gasteiger partial charge in [0, 0.05) is 32.9 Å². The van der Waals surface area contributed by atoms with Crippen LogP contribution in [0, 0.1) is 0 Å². The Morgan fingerprint density at radius 2 is 0.836 bits per heavy atom. The molecule has 0 saturated carbocycles. The molecule has 0 aliphatic carbocycles. The van der Waals surface area contributed by atoms with Gasteiger partial charge >= 0.3 is 0 Å². The van der Waals surface area contributed by atoms with Crippen LogP contribution in [-0.4, -0.2) is 17.2 Å². The summed E-state index contributed by atoms with van der Waals surface area (Å²) in [6.07, 6.45) is 0. The number of nitrogens with zero attached hydrogens (tertiary/aromatic N) is 2. The van der Waals surface area contributed by atoms with Gasteiger partial charge in [-0.15, -0.1) is 0 Å². The van der Waals surface area contributed by atoms with Gasteiger partial charge in [0.15, 0.2) is 8.07 Å². The lowest BCUT2D eigenvalue weighted by Gasteiger charge is -2.45. The first-order valence-corrected chi connectivity index (χ1v) is 21.3. The summed E-state index contributed by atoms with van der Waals surface area (Å²) in [5, 5.41) is 9.44. The van der Waals surface area contributed by atoms with Crippen LogP contribution in [0.5, 0.6) is 0 Å². The lowest BCUT2D eigenvalue weighted by atomic mass is 10.1. The van der Waals surface area contributed by atoms with Gasteiger partial charge in [-0.2, -0.15) is 0 Å². The van der Waals surface area contributed by atoms with E-state index in [1.54, 1.807) is 0 Å². The molecule has 0 bridgehead atoms. The van der Waals surface area contributed by atoms with E-state index in [1.165, 1.54) is 76.0 Å². The van der Waals surface area contributed by atoms with Crippen molar-refractivity contribution in [1.29, 1.82) is 0 Å². The second kappa shape index (κ2) is 12.9. The van der Waals surface area contributed by atoms with Crippen LogP contribution in [-0.2, 0) is 0 Å². The topological polar surface area (TPSA) is 9.86 Å². The quantitative estimate of drug-likeness (QED) is 0.119. The third-order valence-electron chi connectivity index (χ3n) is 11.8. The van der Waals surface area contributed by atoms with Gasteiger partial charge in [-0.05, 0) is 80.3 Å². The van der Waals surface area contributed by atoms with Crippen molar-refractivity contribution in [3.63, 3.8) is 0 Å². The molecule has 0 unspecified atom stereocenters. The first kappa shape index (κ1) is 33.2. The van der Waals surface area contributed by atoms with Gasteiger partial charge in [0.25, 0.3) is 0 Å². The Bertz CT molecular complexity index is 2950. The third-order valence-corrected chi connectivity index (χ3v) is 17.7. The van der Waals surface area contributed by atoms with Gasteiger partial charge in [0.2, 0.25) is 0 Å². The molecule has 0 amide bonds. The Balaban J connectivity index is 1.23. The van der Waals surface area contributed by atoms with Crippen molar-refractivity contribution in [3.8, 4) is 22.5 Å². The zero-order valence-electron chi connectivity index (χ0n) is 31.4. The Morgan fingerprint density at radius 3 is 1.47 bits per heavy atom. The standard InChI is InChI=1S/C52H42N2Si/c1-52(2,3)55(41-20-9-5-10-21-41,42-22-11-6-12-23-42)50-29-17-28-49-51(50)44-25-14-16-27-47(44)54(49)40-34-35-48-45(36-40)43-24-13-15-26-46(43)53(48)39-32-30-38(31-33-39)37-18-7-4-8-19-37/h4-36H,1-3H3. The summed E-state index contributed by atoms with van der Waals surface area (Å²) in [5.74, 6) is 0. The molecule has 2 heterocycles.